The van der Waals surface area contributed by atoms with Crippen molar-refractivity contribution in [3.8, 4) is 0 Å². The molecular weight excluding hydrogens is 256 g/mol. The van der Waals surface area contributed by atoms with Crippen LogP contribution in [0.5, 0.6) is 0 Å². The predicted molar refractivity (Wildman–Crippen MR) is 78.9 cm³/mol. The van der Waals surface area contributed by atoms with Crippen molar-refractivity contribution in [2.75, 3.05) is 12.4 Å². The van der Waals surface area contributed by atoms with Crippen LogP contribution in [0.4, 0.5) is 10.5 Å². The number of hydrogen-bond donors (Lipinski definition) is 2. The molecule has 0 aliphatic heterocycles. The second-order valence-corrected chi connectivity index (χ2v) is 5.25. The van der Waals surface area contributed by atoms with Gasteiger partial charge in [-0.15, -0.1) is 0 Å². The van der Waals surface area contributed by atoms with Gasteiger partial charge in [-0.3, -0.25) is 4.79 Å². The van der Waals surface area contributed by atoms with Gasteiger partial charge in [-0.2, -0.15) is 0 Å². The lowest BCUT2D eigenvalue weighted by Gasteiger charge is -2.28. The average Bonchev–Trinajstić information content (AvgIpc) is 2.38. The Kier molecular flexibility index (Phi) is 5.55. The van der Waals surface area contributed by atoms with Crippen molar-refractivity contribution >= 4 is 17.7 Å². The summed E-state index contributed by atoms with van der Waals surface area (Å²) in [7, 11) is 1.74. The summed E-state index contributed by atoms with van der Waals surface area (Å²) >= 11 is 0. The van der Waals surface area contributed by atoms with E-state index in [2.05, 4.69) is 5.32 Å². The van der Waals surface area contributed by atoms with E-state index in [1.807, 2.05) is 20.8 Å². The molecule has 0 saturated carbocycles. The summed E-state index contributed by atoms with van der Waals surface area (Å²) in [6.45, 7) is 6.08. The summed E-state index contributed by atoms with van der Waals surface area (Å²) in [5, 5.41) is 11.6. The van der Waals surface area contributed by atoms with Crippen LogP contribution in [-0.4, -0.2) is 35.1 Å². The summed E-state index contributed by atoms with van der Waals surface area (Å²) in [5.41, 5.74) is 1.14. The van der Waals surface area contributed by atoms with E-state index in [0.717, 1.165) is 0 Å². The van der Waals surface area contributed by atoms with E-state index < -0.39 is 5.97 Å². The number of aliphatic carboxylic acids is 1. The molecule has 0 radical (unpaired) electrons. The highest BCUT2D eigenvalue weighted by atomic mass is 16.4. The number of carboxylic acids is 1. The number of benzene rings is 1. The fourth-order valence-electron chi connectivity index (χ4n) is 1.79. The number of nitrogens with zero attached hydrogens (tertiary/aromatic N) is 1. The number of urea groups is 1. The molecule has 0 aliphatic carbocycles. The van der Waals surface area contributed by atoms with Crippen LogP contribution in [0.25, 0.3) is 0 Å². The van der Waals surface area contributed by atoms with Gasteiger partial charge in [0.25, 0.3) is 0 Å². The lowest BCUT2D eigenvalue weighted by molar-refractivity contribution is -0.136. The maximum absolute atomic E-state index is 12.2. The van der Waals surface area contributed by atoms with Crippen LogP contribution in [0.3, 0.4) is 0 Å². The molecule has 0 heterocycles. The van der Waals surface area contributed by atoms with Crippen LogP contribution < -0.4 is 5.32 Å². The minimum Gasteiger partial charge on any atom is -0.481 e. The van der Waals surface area contributed by atoms with Gasteiger partial charge in [-0.05, 0) is 24.5 Å². The molecule has 2 N–H and O–H groups in total. The van der Waals surface area contributed by atoms with E-state index in [4.69, 9.17) is 5.11 Å². The quantitative estimate of drug-likeness (QED) is 0.870. The molecule has 0 spiro atoms. The molecule has 1 unspecified atom stereocenters. The van der Waals surface area contributed by atoms with Crippen LogP contribution in [0, 0.1) is 5.92 Å². The first-order chi connectivity index (χ1) is 9.32. The normalized spacial score (nSPS) is 12.1. The molecule has 0 fully saturated rings. The number of para-hydroxylation sites is 1. The Hall–Kier alpha value is -2.04. The molecule has 1 atom stereocenters. The standard InChI is InChI=1S/C15H22N2O3/c1-10(2)11(3)17(4)15(20)16-13-8-6-5-7-12(13)9-14(18)19/h5-8,10-11H,9H2,1-4H3,(H,16,20)(H,18,19). The van der Waals surface area contributed by atoms with Gasteiger partial charge in [0.05, 0.1) is 6.42 Å². The van der Waals surface area contributed by atoms with Gasteiger partial charge in [-0.25, -0.2) is 4.79 Å². The molecular formula is C15H22N2O3. The molecule has 0 aromatic heterocycles. The fraction of sp³-hybridized carbons (Fsp3) is 0.467. The summed E-state index contributed by atoms with van der Waals surface area (Å²) in [5.74, 6) is -0.574. The van der Waals surface area contributed by atoms with Crippen molar-refractivity contribution < 1.29 is 14.7 Å². The third kappa shape index (κ3) is 4.26. The number of hydrogen-bond acceptors (Lipinski definition) is 2. The van der Waals surface area contributed by atoms with Crippen LogP contribution in [0.2, 0.25) is 0 Å². The number of anilines is 1. The van der Waals surface area contributed by atoms with E-state index in [1.165, 1.54) is 0 Å². The zero-order chi connectivity index (χ0) is 15.3. The van der Waals surface area contributed by atoms with Gasteiger partial charge in [0.1, 0.15) is 0 Å². The largest absolute Gasteiger partial charge is 0.481 e. The molecule has 0 bridgehead atoms. The first-order valence-corrected chi connectivity index (χ1v) is 6.66. The Morgan fingerprint density at radius 3 is 2.40 bits per heavy atom. The van der Waals surface area contributed by atoms with E-state index in [1.54, 1.807) is 36.2 Å². The first kappa shape index (κ1) is 16.0. The minimum atomic E-state index is -0.921. The first-order valence-electron chi connectivity index (χ1n) is 6.66. The van der Waals surface area contributed by atoms with Gasteiger partial charge >= 0.3 is 12.0 Å². The number of nitrogens with one attached hydrogen (secondary N) is 1. The van der Waals surface area contributed by atoms with Gasteiger partial charge in [0.15, 0.2) is 0 Å². The summed E-state index contributed by atoms with van der Waals surface area (Å²) < 4.78 is 0. The second kappa shape index (κ2) is 6.93. The molecule has 110 valence electrons. The molecule has 0 aliphatic rings. The van der Waals surface area contributed by atoms with E-state index >= 15 is 0 Å². The Labute approximate surface area is 119 Å². The molecule has 5 heteroatoms. The highest BCUT2D eigenvalue weighted by molar-refractivity contribution is 5.91. The summed E-state index contributed by atoms with van der Waals surface area (Å²) in [6, 6.07) is 6.81. The highest BCUT2D eigenvalue weighted by Crippen LogP contribution is 2.17. The number of rotatable bonds is 5. The van der Waals surface area contributed by atoms with Crippen molar-refractivity contribution in [1.29, 1.82) is 0 Å². The average molecular weight is 278 g/mol. The lowest BCUT2D eigenvalue weighted by atomic mass is 10.1. The minimum absolute atomic E-state index is 0.0987. The van der Waals surface area contributed by atoms with Crippen molar-refractivity contribution in [3.63, 3.8) is 0 Å². The van der Waals surface area contributed by atoms with E-state index in [-0.39, 0.29) is 18.5 Å². The number of carboxylic acid groups (broad SMARTS) is 1. The number of amides is 2. The van der Waals surface area contributed by atoms with Crippen molar-refractivity contribution in [1.82, 2.24) is 4.90 Å². The molecule has 1 aromatic carbocycles. The Morgan fingerprint density at radius 1 is 1.25 bits per heavy atom. The second-order valence-electron chi connectivity index (χ2n) is 5.25. The SMILES string of the molecule is CC(C)C(C)N(C)C(=O)Nc1ccccc1CC(=O)O. The Balaban J connectivity index is 2.83. The highest BCUT2D eigenvalue weighted by Gasteiger charge is 2.19. The molecule has 20 heavy (non-hydrogen) atoms. The summed E-state index contributed by atoms with van der Waals surface area (Å²) in [6.07, 6.45) is -0.111. The molecule has 1 aromatic rings. The van der Waals surface area contributed by atoms with Gasteiger partial charge in [-0.1, -0.05) is 32.0 Å². The van der Waals surface area contributed by atoms with Crippen LogP contribution in [-0.2, 0) is 11.2 Å². The molecule has 0 saturated heterocycles. The van der Waals surface area contributed by atoms with Crippen LogP contribution in [0.15, 0.2) is 24.3 Å². The smallest absolute Gasteiger partial charge is 0.321 e. The van der Waals surface area contributed by atoms with Gasteiger partial charge in [0, 0.05) is 18.8 Å². The number of carbonyl (C=O) groups is 2. The lowest BCUT2D eigenvalue weighted by Crippen LogP contribution is -2.41. The zero-order valence-corrected chi connectivity index (χ0v) is 12.4. The molecule has 5 nitrogen and oxygen atoms in total. The third-order valence-corrected chi connectivity index (χ3v) is 3.50. The predicted octanol–water partition coefficient (Wildman–Crippen LogP) is 2.82. The van der Waals surface area contributed by atoms with Crippen molar-refractivity contribution in [3.05, 3.63) is 29.8 Å². The Morgan fingerprint density at radius 2 is 1.85 bits per heavy atom. The molecule has 1 rings (SSSR count). The van der Waals surface area contributed by atoms with Crippen LogP contribution >= 0.6 is 0 Å². The van der Waals surface area contributed by atoms with Gasteiger partial charge in [0.2, 0.25) is 0 Å². The molecule has 2 amide bonds. The van der Waals surface area contributed by atoms with Gasteiger partial charge < -0.3 is 15.3 Å². The van der Waals surface area contributed by atoms with Crippen molar-refractivity contribution in [2.24, 2.45) is 5.92 Å². The monoisotopic (exact) mass is 278 g/mol. The zero-order valence-electron chi connectivity index (χ0n) is 12.4. The fourth-order valence-corrected chi connectivity index (χ4v) is 1.79. The Bertz CT molecular complexity index is 486. The number of carbonyl (C=O) groups excluding carboxylic acids is 1. The topological polar surface area (TPSA) is 69.6 Å². The van der Waals surface area contributed by atoms with E-state index in [0.29, 0.717) is 17.2 Å². The maximum atomic E-state index is 12.2. The van der Waals surface area contributed by atoms with Crippen LogP contribution in [0.1, 0.15) is 26.3 Å². The van der Waals surface area contributed by atoms with Crippen molar-refractivity contribution in [2.45, 2.75) is 33.2 Å². The third-order valence-electron chi connectivity index (χ3n) is 3.50. The maximum Gasteiger partial charge on any atom is 0.321 e. The summed E-state index contributed by atoms with van der Waals surface area (Å²) in [4.78, 5) is 24.6. The van der Waals surface area contributed by atoms with E-state index in [9.17, 15) is 9.59 Å².